The molecule has 2 N–H and O–H groups in total. The molecule has 0 spiro atoms. The van der Waals surface area contributed by atoms with Gasteiger partial charge in [0.2, 0.25) is 5.91 Å². The van der Waals surface area contributed by atoms with Crippen LogP contribution in [0.25, 0.3) is 10.9 Å². The number of benzene rings is 2. The minimum atomic E-state index is -0.129. The minimum absolute atomic E-state index is 0.0408. The first kappa shape index (κ1) is 20.1. The van der Waals surface area contributed by atoms with Crippen LogP contribution in [0.4, 0.5) is 0 Å². The molecular weight excluding hydrogens is 370 g/mol. The van der Waals surface area contributed by atoms with Gasteiger partial charge in [-0.15, -0.1) is 0 Å². The summed E-state index contributed by atoms with van der Waals surface area (Å²) >= 11 is 1.81. The Kier molecular flexibility index (Phi) is 7.25. The zero-order chi connectivity index (χ0) is 19.8. The second-order valence-electron chi connectivity index (χ2n) is 6.77. The van der Waals surface area contributed by atoms with Crippen LogP contribution in [0.1, 0.15) is 29.8 Å². The van der Waals surface area contributed by atoms with E-state index in [0.29, 0.717) is 42.5 Å². The Labute approximate surface area is 169 Å². The molecule has 5 nitrogen and oxygen atoms in total. The van der Waals surface area contributed by atoms with Crippen molar-refractivity contribution in [2.24, 2.45) is 0 Å². The number of rotatable bonds is 9. The van der Waals surface area contributed by atoms with Gasteiger partial charge in [0.05, 0.1) is 10.9 Å². The number of aryl methyl sites for hydroxylation is 2. The van der Waals surface area contributed by atoms with E-state index in [-0.39, 0.29) is 11.5 Å². The Bertz CT molecular complexity index is 983. The molecule has 1 heterocycles. The highest BCUT2D eigenvalue weighted by Crippen LogP contribution is 2.12. The van der Waals surface area contributed by atoms with Crippen LogP contribution < -0.4 is 10.9 Å². The van der Waals surface area contributed by atoms with Crippen LogP contribution >= 0.6 is 11.8 Å². The Hall–Kier alpha value is -2.60. The molecular formula is C22H25N3O2S. The van der Waals surface area contributed by atoms with E-state index < -0.39 is 0 Å². The first-order chi connectivity index (χ1) is 13.6. The van der Waals surface area contributed by atoms with Gasteiger partial charge in [-0.1, -0.05) is 42.0 Å². The van der Waals surface area contributed by atoms with Gasteiger partial charge in [0.15, 0.2) is 0 Å². The lowest BCUT2D eigenvalue weighted by Gasteiger charge is -2.06. The summed E-state index contributed by atoms with van der Waals surface area (Å²) in [4.78, 5) is 31.3. The summed E-state index contributed by atoms with van der Waals surface area (Å²) in [6.45, 7) is 2.75. The van der Waals surface area contributed by atoms with Gasteiger partial charge in [-0.25, -0.2) is 4.98 Å². The van der Waals surface area contributed by atoms with Gasteiger partial charge < -0.3 is 10.3 Å². The van der Waals surface area contributed by atoms with Crippen molar-refractivity contribution in [2.75, 3.05) is 12.3 Å². The topological polar surface area (TPSA) is 74.8 Å². The molecule has 3 rings (SSSR count). The van der Waals surface area contributed by atoms with Crippen LogP contribution in [-0.4, -0.2) is 28.2 Å². The number of amides is 1. The summed E-state index contributed by atoms with van der Waals surface area (Å²) in [5, 5.41) is 3.54. The van der Waals surface area contributed by atoms with Crippen molar-refractivity contribution in [1.29, 1.82) is 0 Å². The molecule has 1 amide bonds. The number of fused-ring (bicyclic) bond motifs is 1. The largest absolute Gasteiger partial charge is 0.355 e. The average molecular weight is 396 g/mol. The average Bonchev–Trinajstić information content (AvgIpc) is 2.69. The number of carbonyl (C=O) groups is 1. The number of para-hydroxylation sites is 1. The first-order valence-corrected chi connectivity index (χ1v) is 10.7. The van der Waals surface area contributed by atoms with E-state index in [1.165, 1.54) is 11.1 Å². The quantitative estimate of drug-likeness (QED) is 0.543. The number of H-pyrrole nitrogens is 1. The molecule has 0 saturated carbocycles. The van der Waals surface area contributed by atoms with E-state index in [4.69, 9.17) is 0 Å². The summed E-state index contributed by atoms with van der Waals surface area (Å²) in [5.74, 6) is 2.51. The fourth-order valence-electron chi connectivity index (χ4n) is 2.90. The fourth-order valence-corrected chi connectivity index (χ4v) is 3.71. The van der Waals surface area contributed by atoms with Crippen molar-refractivity contribution >= 4 is 28.6 Å². The molecule has 0 aliphatic rings. The molecule has 28 heavy (non-hydrogen) atoms. The van der Waals surface area contributed by atoms with Gasteiger partial charge in [0.1, 0.15) is 5.82 Å². The van der Waals surface area contributed by atoms with E-state index in [1.807, 2.05) is 30.0 Å². The van der Waals surface area contributed by atoms with Gasteiger partial charge in [-0.05, 0) is 31.0 Å². The van der Waals surface area contributed by atoms with Crippen molar-refractivity contribution in [3.05, 3.63) is 75.8 Å². The molecule has 0 fully saturated rings. The highest BCUT2D eigenvalue weighted by atomic mass is 32.2. The van der Waals surface area contributed by atoms with Gasteiger partial charge >= 0.3 is 0 Å². The van der Waals surface area contributed by atoms with E-state index >= 15 is 0 Å². The number of aromatic amines is 1. The van der Waals surface area contributed by atoms with Gasteiger partial charge in [0, 0.05) is 30.9 Å². The second kappa shape index (κ2) is 10.1. The number of carbonyl (C=O) groups excluding carboxylic acids is 1. The highest BCUT2D eigenvalue weighted by molar-refractivity contribution is 7.98. The third kappa shape index (κ3) is 5.96. The SMILES string of the molecule is Cc1ccc(CSCCNC(=O)CCCc2nc3ccccc3c(=O)[nH]2)cc1. The summed E-state index contributed by atoms with van der Waals surface area (Å²) in [6, 6.07) is 15.8. The molecule has 0 saturated heterocycles. The van der Waals surface area contributed by atoms with Crippen molar-refractivity contribution in [2.45, 2.75) is 31.9 Å². The first-order valence-electron chi connectivity index (χ1n) is 9.50. The zero-order valence-corrected chi connectivity index (χ0v) is 16.8. The summed E-state index contributed by atoms with van der Waals surface area (Å²) in [5.41, 5.74) is 3.13. The Morgan fingerprint density at radius 2 is 1.93 bits per heavy atom. The summed E-state index contributed by atoms with van der Waals surface area (Å²) < 4.78 is 0. The standard InChI is InChI=1S/C22H25N3O2S/c1-16-9-11-17(12-10-16)15-28-14-13-23-21(26)8-4-7-20-24-19-6-3-2-5-18(19)22(27)25-20/h2-3,5-6,9-12H,4,7-8,13-15H2,1H3,(H,23,26)(H,24,25,27). The van der Waals surface area contributed by atoms with E-state index in [1.54, 1.807) is 6.07 Å². The number of aromatic nitrogens is 2. The number of hydrogen-bond donors (Lipinski definition) is 2. The highest BCUT2D eigenvalue weighted by Gasteiger charge is 2.05. The van der Waals surface area contributed by atoms with Crippen molar-refractivity contribution < 1.29 is 4.79 Å². The van der Waals surface area contributed by atoms with Crippen LogP contribution in [0.5, 0.6) is 0 Å². The molecule has 1 aromatic heterocycles. The minimum Gasteiger partial charge on any atom is -0.355 e. The molecule has 0 unspecified atom stereocenters. The second-order valence-corrected chi connectivity index (χ2v) is 7.88. The maximum Gasteiger partial charge on any atom is 0.258 e. The maximum absolute atomic E-state index is 12.0. The van der Waals surface area contributed by atoms with Crippen LogP contribution in [0, 0.1) is 6.92 Å². The molecule has 0 atom stereocenters. The van der Waals surface area contributed by atoms with E-state index in [9.17, 15) is 9.59 Å². The van der Waals surface area contributed by atoms with E-state index in [2.05, 4.69) is 46.5 Å². The Morgan fingerprint density at radius 1 is 1.14 bits per heavy atom. The Morgan fingerprint density at radius 3 is 2.75 bits per heavy atom. The monoisotopic (exact) mass is 395 g/mol. The van der Waals surface area contributed by atoms with Crippen molar-refractivity contribution in [1.82, 2.24) is 15.3 Å². The summed E-state index contributed by atoms with van der Waals surface area (Å²) in [7, 11) is 0. The van der Waals surface area contributed by atoms with E-state index in [0.717, 1.165) is 11.5 Å². The molecule has 3 aromatic rings. The van der Waals surface area contributed by atoms with Gasteiger partial charge in [0.25, 0.3) is 5.56 Å². The molecule has 2 aromatic carbocycles. The number of hydrogen-bond acceptors (Lipinski definition) is 4. The Balaban J connectivity index is 1.33. The number of thioether (sulfide) groups is 1. The third-order valence-corrected chi connectivity index (χ3v) is 5.47. The smallest absolute Gasteiger partial charge is 0.258 e. The molecule has 0 aliphatic carbocycles. The lowest BCUT2D eigenvalue weighted by Crippen LogP contribution is -2.25. The number of nitrogens with zero attached hydrogens (tertiary/aromatic N) is 1. The zero-order valence-electron chi connectivity index (χ0n) is 16.0. The van der Waals surface area contributed by atoms with Crippen molar-refractivity contribution in [3.8, 4) is 0 Å². The molecule has 0 aliphatic heterocycles. The van der Waals surface area contributed by atoms with Crippen LogP contribution in [0.3, 0.4) is 0 Å². The van der Waals surface area contributed by atoms with Crippen molar-refractivity contribution in [3.63, 3.8) is 0 Å². The molecule has 146 valence electrons. The van der Waals surface area contributed by atoms with Crippen LogP contribution in [0.15, 0.2) is 53.3 Å². The number of nitrogens with one attached hydrogen (secondary N) is 2. The predicted octanol–water partition coefficient (Wildman–Crippen LogP) is 3.60. The van der Waals surface area contributed by atoms with Crippen LogP contribution in [0.2, 0.25) is 0 Å². The predicted molar refractivity (Wildman–Crippen MR) is 116 cm³/mol. The van der Waals surface area contributed by atoms with Gasteiger partial charge in [-0.2, -0.15) is 11.8 Å². The fraction of sp³-hybridized carbons (Fsp3) is 0.318. The lowest BCUT2D eigenvalue weighted by molar-refractivity contribution is -0.121. The molecule has 6 heteroatoms. The van der Waals surface area contributed by atoms with Crippen LogP contribution in [-0.2, 0) is 17.0 Å². The summed E-state index contributed by atoms with van der Waals surface area (Å²) in [6.07, 6.45) is 1.67. The lowest BCUT2D eigenvalue weighted by atomic mass is 10.2. The maximum atomic E-state index is 12.0. The van der Waals surface area contributed by atoms with Gasteiger partial charge in [-0.3, -0.25) is 9.59 Å². The third-order valence-electron chi connectivity index (χ3n) is 4.44. The molecule has 0 radical (unpaired) electrons. The normalized spacial score (nSPS) is 10.9. The molecule has 0 bridgehead atoms.